The van der Waals surface area contributed by atoms with E-state index in [0.29, 0.717) is 5.92 Å². The van der Waals surface area contributed by atoms with Gasteiger partial charge in [-0.1, -0.05) is 20.8 Å². The van der Waals surface area contributed by atoms with Crippen LogP contribution in [0.15, 0.2) is 18.5 Å². The SMILES string of the molecule is CCc1ccc2ncnc(C(C)C)c2n1. The predicted molar refractivity (Wildman–Crippen MR) is 60.8 cm³/mol. The molecular formula is C12H15N3. The van der Waals surface area contributed by atoms with Crippen molar-refractivity contribution < 1.29 is 0 Å². The molecule has 0 radical (unpaired) electrons. The van der Waals surface area contributed by atoms with Gasteiger partial charge in [-0.25, -0.2) is 15.0 Å². The van der Waals surface area contributed by atoms with Gasteiger partial charge in [-0.05, 0) is 24.5 Å². The van der Waals surface area contributed by atoms with Crippen LogP contribution >= 0.6 is 0 Å². The predicted octanol–water partition coefficient (Wildman–Crippen LogP) is 2.71. The molecule has 0 aliphatic heterocycles. The Hall–Kier alpha value is -1.51. The molecule has 0 saturated carbocycles. The first-order valence-corrected chi connectivity index (χ1v) is 5.33. The van der Waals surface area contributed by atoms with Crippen molar-refractivity contribution in [2.45, 2.75) is 33.1 Å². The lowest BCUT2D eigenvalue weighted by Gasteiger charge is -2.07. The third-order valence-corrected chi connectivity index (χ3v) is 2.48. The second kappa shape index (κ2) is 3.93. The first-order chi connectivity index (χ1) is 7.22. The van der Waals surface area contributed by atoms with E-state index < -0.39 is 0 Å². The van der Waals surface area contributed by atoms with E-state index in [9.17, 15) is 0 Å². The Labute approximate surface area is 89.6 Å². The lowest BCUT2D eigenvalue weighted by atomic mass is 10.1. The van der Waals surface area contributed by atoms with Crippen LogP contribution in [0.2, 0.25) is 0 Å². The van der Waals surface area contributed by atoms with Crippen LogP contribution in [0.5, 0.6) is 0 Å². The third kappa shape index (κ3) is 1.82. The molecule has 2 heterocycles. The van der Waals surface area contributed by atoms with Gasteiger partial charge < -0.3 is 0 Å². The zero-order valence-electron chi connectivity index (χ0n) is 9.36. The summed E-state index contributed by atoms with van der Waals surface area (Å²) in [6.45, 7) is 6.36. The van der Waals surface area contributed by atoms with E-state index in [0.717, 1.165) is 28.8 Å². The van der Waals surface area contributed by atoms with Crippen molar-refractivity contribution >= 4 is 11.0 Å². The van der Waals surface area contributed by atoms with Crippen molar-refractivity contribution in [1.29, 1.82) is 0 Å². The molecule has 0 spiro atoms. The maximum absolute atomic E-state index is 4.59. The summed E-state index contributed by atoms with van der Waals surface area (Å²) in [5.41, 5.74) is 4.02. The molecule has 0 aromatic carbocycles. The average Bonchev–Trinajstić information content (AvgIpc) is 2.27. The average molecular weight is 201 g/mol. The number of hydrogen-bond donors (Lipinski definition) is 0. The molecule has 3 nitrogen and oxygen atoms in total. The zero-order valence-corrected chi connectivity index (χ0v) is 9.36. The van der Waals surface area contributed by atoms with Gasteiger partial charge in [0.05, 0.1) is 11.2 Å². The van der Waals surface area contributed by atoms with Crippen LogP contribution in [0.4, 0.5) is 0 Å². The summed E-state index contributed by atoms with van der Waals surface area (Å²) in [6, 6.07) is 4.05. The second-order valence-electron chi connectivity index (χ2n) is 3.94. The number of pyridine rings is 1. The molecule has 78 valence electrons. The van der Waals surface area contributed by atoms with Gasteiger partial charge in [0.15, 0.2) is 0 Å². The summed E-state index contributed by atoms with van der Waals surface area (Å²) in [4.78, 5) is 13.1. The van der Waals surface area contributed by atoms with Crippen LogP contribution in [-0.4, -0.2) is 15.0 Å². The monoisotopic (exact) mass is 201 g/mol. The molecule has 3 heteroatoms. The molecular weight excluding hydrogens is 186 g/mol. The van der Waals surface area contributed by atoms with E-state index in [-0.39, 0.29) is 0 Å². The lowest BCUT2D eigenvalue weighted by Crippen LogP contribution is -1.99. The van der Waals surface area contributed by atoms with Crippen molar-refractivity contribution in [3.8, 4) is 0 Å². The molecule has 0 aliphatic rings. The quantitative estimate of drug-likeness (QED) is 0.749. The first kappa shape index (κ1) is 10.0. The zero-order chi connectivity index (χ0) is 10.8. The van der Waals surface area contributed by atoms with Gasteiger partial charge in [0.2, 0.25) is 0 Å². The van der Waals surface area contributed by atoms with Crippen LogP contribution in [0.25, 0.3) is 11.0 Å². The van der Waals surface area contributed by atoms with Crippen LogP contribution in [-0.2, 0) is 6.42 Å². The largest absolute Gasteiger partial charge is 0.249 e. The van der Waals surface area contributed by atoms with Crippen molar-refractivity contribution in [2.24, 2.45) is 0 Å². The molecule has 2 rings (SSSR count). The van der Waals surface area contributed by atoms with Gasteiger partial charge >= 0.3 is 0 Å². The van der Waals surface area contributed by atoms with Crippen molar-refractivity contribution in [2.75, 3.05) is 0 Å². The molecule has 0 N–H and O–H groups in total. The van der Waals surface area contributed by atoms with E-state index in [1.165, 1.54) is 0 Å². The summed E-state index contributed by atoms with van der Waals surface area (Å²) in [7, 11) is 0. The number of hydrogen-bond acceptors (Lipinski definition) is 3. The summed E-state index contributed by atoms with van der Waals surface area (Å²) in [5.74, 6) is 0.384. The minimum absolute atomic E-state index is 0.384. The maximum atomic E-state index is 4.59. The number of aromatic nitrogens is 3. The Balaban J connectivity index is 2.70. The lowest BCUT2D eigenvalue weighted by molar-refractivity contribution is 0.822. The van der Waals surface area contributed by atoms with E-state index >= 15 is 0 Å². The van der Waals surface area contributed by atoms with Gasteiger partial charge in [0, 0.05) is 5.69 Å². The highest BCUT2D eigenvalue weighted by atomic mass is 14.9. The van der Waals surface area contributed by atoms with E-state index in [4.69, 9.17) is 0 Å². The summed E-state index contributed by atoms with van der Waals surface area (Å²) >= 11 is 0. The van der Waals surface area contributed by atoms with Crippen LogP contribution in [0.3, 0.4) is 0 Å². The summed E-state index contributed by atoms with van der Waals surface area (Å²) in [6.07, 6.45) is 2.56. The highest BCUT2D eigenvalue weighted by Gasteiger charge is 2.08. The molecule has 0 saturated heterocycles. The Morgan fingerprint density at radius 3 is 2.67 bits per heavy atom. The highest BCUT2D eigenvalue weighted by molar-refractivity contribution is 5.76. The van der Waals surface area contributed by atoms with Crippen LogP contribution in [0.1, 0.15) is 38.1 Å². The Morgan fingerprint density at radius 1 is 1.20 bits per heavy atom. The molecule has 0 aliphatic carbocycles. The minimum Gasteiger partial charge on any atom is -0.249 e. The van der Waals surface area contributed by atoms with Gasteiger partial charge in [-0.15, -0.1) is 0 Å². The number of fused-ring (bicyclic) bond motifs is 1. The van der Waals surface area contributed by atoms with Gasteiger partial charge in [-0.2, -0.15) is 0 Å². The van der Waals surface area contributed by atoms with Gasteiger partial charge in [0.25, 0.3) is 0 Å². The smallest absolute Gasteiger partial charge is 0.116 e. The molecule has 15 heavy (non-hydrogen) atoms. The topological polar surface area (TPSA) is 38.7 Å². The molecule has 0 unspecified atom stereocenters. The molecule has 2 aromatic heterocycles. The number of aryl methyl sites for hydroxylation is 1. The van der Waals surface area contributed by atoms with Crippen LogP contribution in [0, 0.1) is 0 Å². The minimum atomic E-state index is 0.384. The Kier molecular flexibility index (Phi) is 2.62. The van der Waals surface area contributed by atoms with Crippen LogP contribution < -0.4 is 0 Å². The Bertz CT molecular complexity index is 477. The number of nitrogens with zero attached hydrogens (tertiary/aromatic N) is 3. The van der Waals surface area contributed by atoms with E-state index in [1.54, 1.807) is 6.33 Å². The summed E-state index contributed by atoms with van der Waals surface area (Å²) in [5, 5.41) is 0. The standard InChI is InChI=1S/C12H15N3/c1-4-9-5-6-10-12(15-9)11(8(2)3)14-7-13-10/h5-8H,4H2,1-3H3. The van der Waals surface area contributed by atoms with Crippen molar-refractivity contribution in [3.63, 3.8) is 0 Å². The summed E-state index contributed by atoms with van der Waals surface area (Å²) < 4.78 is 0. The highest BCUT2D eigenvalue weighted by Crippen LogP contribution is 2.20. The Morgan fingerprint density at radius 2 is 2.00 bits per heavy atom. The fourth-order valence-corrected chi connectivity index (χ4v) is 1.62. The maximum Gasteiger partial charge on any atom is 0.116 e. The van der Waals surface area contributed by atoms with Crippen molar-refractivity contribution in [3.05, 3.63) is 29.8 Å². The molecule has 2 aromatic rings. The molecule has 0 amide bonds. The van der Waals surface area contributed by atoms with Gasteiger partial charge in [0.1, 0.15) is 11.8 Å². The van der Waals surface area contributed by atoms with E-state index in [1.807, 2.05) is 12.1 Å². The fourth-order valence-electron chi connectivity index (χ4n) is 1.62. The second-order valence-corrected chi connectivity index (χ2v) is 3.94. The normalized spacial score (nSPS) is 11.2. The first-order valence-electron chi connectivity index (χ1n) is 5.33. The third-order valence-electron chi connectivity index (χ3n) is 2.48. The molecule has 0 fully saturated rings. The number of rotatable bonds is 2. The molecule has 0 bridgehead atoms. The molecule has 0 atom stereocenters. The van der Waals surface area contributed by atoms with E-state index in [2.05, 4.69) is 35.7 Å². The fraction of sp³-hybridized carbons (Fsp3) is 0.417. The van der Waals surface area contributed by atoms with Gasteiger partial charge in [-0.3, -0.25) is 0 Å². The van der Waals surface area contributed by atoms with Crippen molar-refractivity contribution in [1.82, 2.24) is 15.0 Å².